The molecule has 0 aliphatic heterocycles. The molecule has 1 atom stereocenters. The topological polar surface area (TPSA) is 26.3 Å². The first-order chi connectivity index (χ1) is 7.11. The monoisotopic (exact) mass is 208 g/mol. The van der Waals surface area contributed by atoms with E-state index in [0.717, 1.165) is 5.56 Å². The van der Waals surface area contributed by atoms with E-state index in [0.29, 0.717) is 0 Å². The van der Waals surface area contributed by atoms with Crippen LogP contribution in [0.25, 0.3) is 0 Å². The summed E-state index contributed by atoms with van der Waals surface area (Å²) in [7, 11) is 0. The fraction of sp³-hybridized carbons (Fsp3) is 0.462. The third-order valence-corrected chi connectivity index (χ3v) is 1.61. The Balaban J connectivity index is 0.000000583. The molecule has 1 aromatic carbocycles. The Hall–Kier alpha value is -1.31. The van der Waals surface area contributed by atoms with Gasteiger partial charge in [0.05, 0.1) is 0 Å². The summed E-state index contributed by atoms with van der Waals surface area (Å²) in [5.74, 6) is -0.244. The molecule has 0 aromatic heterocycles. The number of hydrogen-bond acceptors (Lipinski definition) is 2. The van der Waals surface area contributed by atoms with Gasteiger partial charge in [-0.1, -0.05) is 50.6 Å². The molecule has 0 fully saturated rings. The standard InChI is InChI=1S/C10H12O2.C3H8/c1-8(12-9(2)11)10-6-4-3-5-7-10;1-3-2/h3-8H,1-2H3;3H2,1-2H3. The van der Waals surface area contributed by atoms with Crippen LogP contribution in [0.3, 0.4) is 0 Å². The first kappa shape index (κ1) is 13.7. The minimum atomic E-state index is -0.244. The van der Waals surface area contributed by atoms with Crippen molar-refractivity contribution in [3.8, 4) is 0 Å². The maximum atomic E-state index is 10.6. The highest BCUT2D eigenvalue weighted by Gasteiger charge is 2.06. The smallest absolute Gasteiger partial charge is 0.303 e. The molecule has 0 N–H and O–H groups in total. The molecular weight excluding hydrogens is 188 g/mol. The van der Waals surface area contributed by atoms with Crippen molar-refractivity contribution in [2.45, 2.75) is 40.2 Å². The van der Waals surface area contributed by atoms with Crippen molar-refractivity contribution in [3.05, 3.63) is 35.9 Å². The van der Waals surface area contributed by atoms with Crippen LogP contribution in [-0.4, -0.2) is 5.97 Å². The summed E-state index contributed by atoms with van der Waals surface area (Å²) >= 11 is 0. The predicted molar refractivity (Wildman–Crippen MR) is 62.6 cm³/mol. The fourth-order valence-corrected chi connectivity index (χ4v) is 1.04. The maximum Gasteiger partial charge on any atom is 0.303 e. The molecule has 0 spiro atoms. The summed E-state index contributed by atoms with van der Waals surface area (Å²) in [6.45, 7) is 7.52. The summed E-state index contributed by atoms with van der Waals surface area (Å²) in [5.41, 5.74) is 1.02. The summed E-state index contributed by atoms with van der Waals surface area (Å²) in [6, 6.07) is 9.66. The second kappa shape index (κ2) is 8.04. The highest BCUT2D eigenvalue weighted by atomic mass is 16.5. The number of carbonyl (C=O) groups is 1. The maximum absolute atomic E-state index is 10.6. The number of rotatable bonds is 2. The Morgan fingerprint density at radius 2 is 1.73 bits per heavy atom. The molecule has 0 radical (unpaired) electrons. The third-order valence-electron chi connectivity index (χ3n) is 1.61. The van der Waals surface area contributed by atoms with E-state index in [4.69, 9.17) is 4.74 Å². The van der Waals surface area contributed by atoms with Crippen LogP contribution in [0.1, 0.15) is 45.8 Å². The van der Waals surface area contributed by atoms with Crippen LogP contribution >= 0.6 is 0 Å². The fourth-order valence-electron chi connectivity index (χ4n) is 1.04. The van der Waals surface area contributed by atoms with Crippen molar-refractivity contribution in [1.82, 2.24) is 0 Å². The van der Waals surface area contributed by atoms with Gasteiger partial charge in [-0.05, 0) is 12.5 Å². The van der Waals surface area contributed by atoms with Crippen LogP contribution in [0, 0.1) is 0 Å². The van der Waals surface area contributed by atoms with Gasteiger partial charge < -0.3 is 4.74 Å². The first-order valence-corrected chi connectivity index (χ1v) is 5.33. The van der Waals surface area contributed by atoms with Crippen LogP contribution in [0.5, 0.6) is 0 Å². The Morgan fingerprint density at radius 3 is 2.13 bits per heavy atom. The van der Waals surface area contributed by atoms with Crippen molar-refractivity contribution in [2.24, 2.45) is 0 Å². The summed E-state index contributed by atoms with van der Waals surface area (Å²) in [5, 5.41) is 0. The molecule has 0 bridgehead atoms. The molecule has 2 nitrogen and oxygen atoms in total. The Labute approximate surface area is 92.3 Å². The quantitative estimate of drug-likeness (QED) is 0.692. The van der Waals surface area contributed by atoms with Crippen LogP contribution in [0.4, 0.5) is 0 Å². The minimum absolute atomic E-state index is 0.149. The second-order valence-corrected chi connectivity index (χ2v) is 3.37. The zero-order chi connectivity index (χ0) is 11.7. The van der Waals surface area contributed by atoms with E-state index in [1.165, 1.54) is 13.3 Å². The molecule has 0 saturated heterocycles. The normalized spacial score (nSPS) is 10.9. The van der Waals surface area contributed by atoms with Gasteiger partial charge in [0, 0.05) is 6.92 Å². The lowest BCUT2D eigenvalue weighted by molar-refractivity contribution is -0.145. The number of hydrogen-bond donors (Lipinski definition) is 0. The van der Waals surface area contributed by atoms with Gasteiger partial charge in [-0.15, -0.1) is 0 Å². The molecule has 0 aliphatic rings. The molecule has 1 unspecified atom stereocenters. The lowest BCUT2D eigenvalue weighted by Crippen LogP contribution is -2.04. The zero-order valence-electron chi connectivity index (χ0n) is 9.99. The van der Waals surface area contributed by atoms with E-state index in [-0.39, 0.29) is 12.1 Å². The van der Waals surface area contributed by atoms with Crippen molar-refractivity contribution in [1.29, 1.82) is 0 Å². The highest BCUT2D eigenvalue weighted by molar-refractivity contribution is 5.66. The van der Waals surface area contributed by atoms with E-state index in [1.807, 2.05) is 37.3 Å². The van der Waals surface area contributed by atoms with Gasteiger partial charge in [0.1, 0.15) is 6.10 Å². The number of esters is 1. The van der Waals surface area contributed by atoms with Crippen LogP contribution in [-0.2, 0) is 9.53 Å². The van der Waals surface area contributed by atoms with E-state index in [2.05, 4.69) is 13.8 Å². The zero-order valence-corrected chi connectivity index (χ0v) is 9.99. The number of ether oxygens (including phenoxy) is 1. The van der Waals surface area contributed by atoms with Crippen molar-refractivity contribution in [2.75, 3.05) is 0 Å². The van der Waals surface area contributed by atoms with E-state index in [9.17, 15) is 4.79 Å². The molecule has 0 heterocycles. The molecule has 2 heteroatoms. The summed E-state index contributed by atoms with van der Waals surface area (Å²) in [4.78, 5) is 10.6. The van der Waals surface area contributed by atoms with E-state index in [1.54, 1.807) is 0 Å². The van der Waals surface area contributed by atoms with Crippen LogP contribution in [0.15, 0.2) is 30.3 Å². The lowest BCUT2D eigenvalue weighted by atomic mass is 10.1. The molecule has 0 amide bonds. The van der Waals surface area contributed by atoms with Crippen molar-refractivity contribution in [3.63, 3.8) is 0 Å². The van der Waals surface area contributed by atoms with Gasteiger partial charge in [-0.3, -0.25) is 4.79 Å². The van der Waals surface area contributed by atoms with Gasteiger partial charge in [-0.2, -0.15) is 0 Å². The Morgan fingerprint density at radius 1 is 1.27 bits per heavy atom. The summed E-state index contributed by atoms with van der Waals surface area (Å²) in [6.07, 6.45) is 1.10. The molecule has 1 rings (SSSR count). The van der Waals surface area contributed by atoms with Gasteiger partial charge in [0.25, 0.3) is 0 Å². The van der Waals surface area contributed by atoms with E-state index < -0.39 is 0 Å². The van der Waals surface area contributed by atoms with Crippen molar-refractivity contribution >= 4 is 5.97 Å². The average molecular weight is 208 g/mol. The van der Waals surface area contributed by atoms with E-state index >= 15 is 0 Å². The largest absolute Gasteiger partial charge is 0.458 e. The van der Waals surface area contributed by atoms with Gasteiger partial charge in [-0.25, -0.2) is 0 Å². The van der Waals surface area contributed by atoms with Crippen molar-refractivity contribution < 1.29 is 9.53 Å². The molecular formula is C13H20O2. The molecule has 0 saturated carbocycles. The Bertz CT molecular complexity index is 267. The summed E-state index contributed by atoms with van der Waals surface area (Å²) < 4.78 is 5.00. The lowest BCUT2D eigenvalue weighted by Gasteiger charge is -2.11. The van der Waals surface area contributed by atoms with Gasteiger partial charge in [0.2, 0.25) is 0 Å². The highest BCUT2D eigenvalue weighted by Crippen LogP contribution is 2.15. The predicted octanol–water partition coefficient (Wildman–Crippen LogP) is 3.73. The SMILES string of the molecule is CC(=O)OC(C)c1ccccc1.CCC. The van der Waals surface area contributed by atoms with Crippen LogP contribution in [0.2, 0.25) is 0 Å². The number of carbonyl (C=O) groups excluding carboxylic acids is 1. The third kappa shape index (κ3) is 6.72. The van der Waals surface area contributed by atoms with Gasteiger partial charge >= 0.3 is 5.97 Å². The minimum Gasteiger partial charge on any atom is -0.458 e. The Kier molecular flexibility index (Phi) is 7.33. The van der Waals surface area contributed by atoms with Crippen LogP contribution < -0.4 is 0 Å². The van der Waals surface area contributed by atoms with Gasteiger partial charge in [0.15, 0.2) is 0 Å². The number of benzene rings is 1. The average Bonchev–Trinajstić information content (AvgIpc) is 2.19. The first-order valence-electron chi connectivity index (χ1n) is 5.33. The molecule has 0 aliphatic carbocycles. The second-order valence-electron chi connectivity index (χ2n) is 3.37. The molecule has 15 heavy (non-hydrogen) atoms. The molecule has 84 valence electrons. The molecule has 1 aromatic rings.